The number of aliphatic hydroxyl groups is 1. The summed E-state index contributed by atoms with van der Waals surface area (Å²) in [4.78, 5) is 14.4. The lowest BCUT2D eigenvalue weighted by Crippen LogP contribution is -2.52. The molecule has 106 valence electrons. The summed E-state index contributed by atoms with van der Waals surface area (Å²) in [6.07, 6.45) is -0.297. The van der Waals surface area contributed by atoms with E-state index in [-0.39, 0.29) is 24.7 Å². The number of aliphatic hydroxyl groups excluding tert-OH is 1. The molecule has 0 spiro atoms. The van der Waals surface area contributed by atoms with Crippen LogP contribution in [0.2, 0.25) is 0 Å². The van der Waals surface area contributed by atoms with Crippen LogP contribution in [-0.2, 0) is 4.74 Å². The van der Waals surface area contributed by atoms with E-state index in [1.54, 1.807) is 4.90 Å². The lowest BCUT2D eigenvalue weighted by molar-refractivity contribution is -0.0667. The van der Waals surface area contributed by atoms with Crippen molar-refractivity contribution in [1.29, 1.82) is 0 Å². The van der Waals surface area contributed by atoms with Crippen LogP contribution in [0.15, 0.2) is 4.42 Å². The van der Waals surface area contributed by atoms with Crippen LogP contribution >= 0.6 is 0 Å². The van der Waals surface area contributed by atoms with Crippen LogP contribution in [0.4, 0.5) is 0 Å². The molecule has 2 heterocycles. The predicted octanol–water partition coefficient (Wildman–Crippen LogP) is 1.43. The molecule has 2 atom stereocenters. The summed E-state index contributed by atoms with van der Waals surface area (Å²) in [6.45, 7) is 8.31. The predicted molar refractivity (Wildman–Crippen MR) is 70.2 cm³/mol. The van der Waals surface area contributed by atoms with E-state index in [4.69, 9.17) is 9.15 Å². The second-order valence-corrected chi connectivity index (χ2v) is 5.16. The second-order valence-electron chi connectivity index (χ2n) is 5.16. The van der Waals surface area contributed by atoms with Crippen molar-refractivity contribution in [1.82, 2.24) is 4.90 Å². The third-order valence-corrected chi connectivity index (χ3v) is 3.75. The van der Waals surface area contributed by atoms with Gasteiger partial charge in [0.2, 0.25) is 0 Å². The number of carbonyl (C=O) groups excluding carboxylic acids is 1. The molecule has 0 saturated carbocycles. The van der Waals surface area contributed by atoms with Crippen molar-refractivity contribution in [2.75, 3.05) is 19.8 Å². The van der Waals surface area contributed by atoms with Gasteiger partial charge in [0.15, 0.2) is 0 Å². The molecule has 1 aliphatic rings. The number of hydrogen-bond acceptors (Lipinski definition) is 4. The summed E-state index contributed by atoms with van der Waals surface area (Å²) in [5, 5.41) is 9.18. The van der Waals surface area contributed by atoms with E-state index in [1.807, 2.05) is 27.7 Å². The van der Waals surface area contributed by atoms with Crippen LogP contribution in [0.25, 0.3) is 0 Å². The molecule has 19 heavy (non-hydrogen) atoms. The highest BCUT2D eigenvalue weighted by Crippen LogP contribution is 2.24. The number of amides is 1. The maximum atomic E-state index is 12.7. The molecule has 1 saturated heterocycles. The Morgan fingerprint density at radius 3 is 2.58 bits per heavy atom. The molecule has 1 fully saturated rings. The van der Waals surface area contributed by atoms with E-state index in [0.717, 1.165) is 11.3 Å². The zero-order chi connectivity index (χ0) is 14.2. The van der Waals surface area contributed by atoms with Gasteiger partial charge in [0.05, 0.1) is 30.9 Å². The maximum Gasteiger partial charge on any atom is 0.258 e. The summed E-state index contributed by atoms with van der Waals surface area (Å²) < 4.78 is 11.0. The molecule has 1 aromatic rings. The monoisotopic (exact) mass is 267 g/mol. The first-order valence-electron chi connectivity index (χ1n) is 6.55. The van der Waals surface area contributed by atoms with Gasteiger partial charge in [0.1, 0.15) is 11.5 Å². The van der Waals surface area contributed by atoms with E-state index in [9.17, 15) is 9.90 Å². The van der Waals surface area contributed by atoms with Gasteiger partial charge in [-0.1, -0.05) is 0 Å². The van der Waals surface area contributed by atoms with Crippen molar-refractivity contribution < 1.29 is 19.1 Å². The van der Waals surface area contributed by atoms with Gasteiger partial charge in [-0.25, -0.2) is 0 Å². The Hall–Kier alpha value is -1.33. The minimum atomic E-state index is -0.297. The summed E-state index contributed by atoms with van der Waals surface area (Å²) in [6, 6.07) is 0.00399. The quantitative estimate of drug-likeness (QED) is 0.880. The molecule has 0 aliphatic carbocycles. The fourth-order valence-electron chi connectivity index (χ4n) is 2.46. The van der Waals surface area contributed by atoms with Crippen LogP contribution in [0, 0.1) is 20.8 Å². The standard InChI is InChI=1S/C14H21NO4/c1-8-7-18-12(6-16)5-15(8)14(17)13-9(2)10(3)19-11(13)4/h8,12,16H,5-7H2,1-4H3. The van der Waals surface area contributed by atoms with Gasteiger partial charge in [0.25, 0.3) is 5.91 Å². The average Bonchev–Trinajstić information content (AvgIpc) is 2.63. The van der Waals surface area contributed by atoms with Gasteiger partial charge >= 0.3 is 0 Å². The summed E-state index contributed by atoms with van der Waals surface area (Å²) in [5.74, 6) is 1.39. The Bertz CT molecular complexity index is 480. The second kappa shape index (κ2) is 5.35. The number of aryl methyl sites for hydroxylation is 2. The van der Waals surface area contributed by atoms with Crippen molar-refractivity contribution in [2.24, 2.45) is 0 Å². The maximum absolute atomic E-state index is 12.7. The molecule has 2 rings (SSSR count). The third kappa shape index (κ3) is 2.53. The lowest BCUT2D eigenvalue weighted by atomic mass is 10.1. The SMILES string of the molecule is Cc1oc(C)c(C(=O)N2CC(CO)OCC2C)c1C. The number of ether oxygens (including phenoxy) is 1. The summed E-state index contributed by atoms with van der Waals surface area (Å²) in [5.41, 5.74) is 1.53. The first kappa shape index (κ1) is 14.1. The van der Waals surface area contributed by atoms with Gasteiger partial charge in [0, 0.05) is 12.1 Å². The van der Waals surface area contributed by atoms with E-state index in [1.165, 1.54) is 0 Å². The molecule has 0 radical (unpaired) electrons. The van der Waals surface area contributed by atoms with Gasteiger partial charge in [-0.15, -0.1) is 0 Å². The fraction of sp³-hybridized carbons (Fsp3) is 0.643. The van der Waals surface area contributed by atoms with Gasteiger partial charge < -0.3 is 19.2 Å². The van der Waals surface area contributed by atoms with Crippen LogP contribution in [-0.4, -0.2) is 47.8 Å². The lowest BCUT2D eigenvalue weighted by Gasteiger charge is -2.37. The van der Waals surface area contributed by atoms with Crippen molar-refractivity contribution in [2.45, 2.75) is 39.8 Å². The highest BCUT2D eigenvalue weighted by molar-refractivity contribution is 5.97. The number of carbonyl (C=O) groups is 1. The Balaban J connectivity index is 2.27. The zero-order valence-corrected chi connectivity index (χ0v) is 11.9. The molecule has 1 N–H and O–H groups in total. The van der Waals surface area contributed by atoms with Gasteiger partial charge in [-0.2, -0.15) is 0 Å². The van der Waals surface area contributed by atoms with E-state index < -0.39 is 0 Å². The molecule has 1 aliphatic heterocycles. The minimum Gasteiger partial charge on any atom is -0.466 e. The number of hydrogen-bond donors (Lipinski definition) is 1. The Morgan fingerprint density at radius 2 is 2.05 bits per heavy atom. The molecule has 1 amide bonds. The first-order chi connectivity index (χ1) is 8.95. The molecule has 5 nitrogen and oxygen atoms in total. The molecular weight excluding hydrogens is 246 g/mol. The van der Waals surface area contributed by atoms with Gasteiger partial charge in [-0.3, -0.25) is 4.79 Å². The number of furan rings is 1. The molecule has 0 aromatic carbocycles. The van der Waals surface area contributed by atoms with Crippen molar-refractivity contribution in [3.05, 3.63) is 22.6 Å². The minimum absolute atomic E-state index is 0.00399. The van der Waals surface area contributed by atoms with Crippen molar-refractivity contribution in [3.8, 4) is 0 Å². The number of nitrogens with zero attached hydrogens (tertiary/aromatic N) is 1. The summed E-state index contributed by atoms with van der Waals surface area (Å²) >= 11 is 0. The van der Waals surface area contributed by atoms with Crippen molar-refractivity contribution >= 4 is 5.91 Å². The number of morpholine rings is 1. The molecule has 2 unspecified atom stereocenters. The smallest absolute Gasteiger partial charge is 0.258 e. The van der Waals surface area contributed by atoms with Crippen molar-refractivity contribution in [3.63, 3.8) is 0 Å². The van der Waals surface area contributed by atoms with E-state index in [0.29, 0.717) is 24.5 Å². The Morgan fingerprint density at radius 1 is 1.37 bits per heavy atom. The highest BCUT2D eigenvalue weighted by Gasteiger charge is 2.32. The highest BCUT2D eigenvalue weighted by atomic mass is 16.5. The van der Waals surface area contributed by atoms with Crippen LogP contribution in [0.5, 0.6) is 0 Å². The molecule has 5 heteroatoms. The normalized spacial score (nSPS) is 23.7. The average molecular weight is 267 g/mol. The Kier molecular flexibility index (Phi) is 3.96. The fourth-order valence-corrected chi connectivity index (χ4v) is 2.46. The molecule has 0 bridgehead atoms. The van der Waals surface area contributed by atoms with Crippen LogP contribution in [0.3, 0.4) is 0 Å². The molecular formula is C14H21NO4. The molecule has 1 aromatic heterocycles. The number of rotatable bonds is 2. The topological polar surface area (TPSA) is 62.9 Å². The third-order valence-electron chi connectivity index (χ3n) is 3.75. The zero-order valence-electron chi connectivity index (χ0n) is 11.9. The summed E-state index contributed by atoms with van der Waals surface area (Å²) in [7, 11) is 0. The Labute approximate surface area is 113 Å². The van der Waals surface area contributed by atoms with E-state index >= 15 is 0 Å². The van der Waals surface area contributed by atoms with Crippen LogP contribution < -0.4 is 0 Å². The van der Waals surface area contributed by atoms with Gasteiger partial charge in [-0.05, 0) is 27.7 Å². The van der Waals surface area contributed by atoms with Crippen LogP contribution in [0.1, 0.15) is 34.4 Å². The first-order valence-corrected chi connectivity index (χ1v) is 6.55. The van der Waals surface area contributed by atoms with E-state index in [2.05, 4.69) is 0 Å². The largest absolute Gasteiger partial charge is 0.466 e.